The molecule has 0 radical (unpaired) electrons. The Hall–Kier alpha value is -1.67. The summed E-state index contributed by atoms with van der Waals surface area (Å²) in [5.41, 5.74) is 3.47. The largest absolute Gasteiger partial charge is 0.369 e. The Labute approximate surface area is 167 Å². The molecule has 26 heavy (non-hydrogen) atoms. The molecule has 0 bridgehead atoms. The van der Waals surface area contributed by atoms with Crippen molar-refractivity contribution in [3.63, 3.8) is 0 Å². The summed E-state index contributed by atoms with van der Waals surface area (Å²) in [6, 6.07) is 10.3. The zero-order valence-electron chi connectivity index (χ0n) is 15.1. The van der Waals surface area contributed by atoms with E-state index in [0.29, 0.717) is 9.13 Å². The van der Waals surface area contributed by atoms with E-state index >= 15 is 0 Å². The summed E-state index contributed by atoms with van der Waals surface area (Å²) in [7, 11) is 0. The maximum Gasteiger partial charge on any atom is 0.256 e. The first-order valence-electron chi connectivity index (χ1n) is 8.82. The quantitative estimate of drug-likeness (QED) is 0.688. The number of rotatable bonds is 4. The number of benzene rings is 2. The van der Waals surface area contributed by atoms with Crippen molar-refractivity contribution in [2.45, 2.75) is 13.8 Å². The van der Waals surface area contributed by atoms with Gasteiger partial charge in [0.2, 0.25) is 0 Å². The molecule has 4 nitrogen and oxygen atoms in total. The van der Waals surface area contributed by atoms with Crippen LogP contribution in [0.3, 0.4) is 0 Å². The Kier molecular flexibility index (Phi) is 6.13. The van der Waals surface area contributed by atoms with Gasteiger partial charge in [-0.3, -0.25) is 4.79 Å². The van der Waals surface area contributed by atoms with Crippen molar-refractivity contribution in [2.24, 2.45) is 0 Å². The minimum Gasteiger partial charge on any atom is -0.369 e. The molecule has 1 N–H and O–H groups in total. The van der Waals surface area contributed by atoms with Crippen LogP contribution in [0, 0.1) is 16.3 Å². The van der Waals surface area contributed by atoms with Crippen molar-refractivity contribution in [1.29, 1.82) is 0 Å². The van der Waals surface area contributed by atoms with E-state index in [2.05, 4.69) is 34.2 Å². The zero-order valence-corrected chi connectivity index (χ0v) is 17.2. The minimum atomic E-state index is -0.338. The van der Waals surface area contributed by atoms with Crippen LogP contribution < -0.4 is 10.2 Å². The summed E-state index contributed by atoms with van der Waals surface area (Å²) < 4.78 is 13.8. The maximum absolute atomic E-state index is 13.2. The fourth-order valence-electron chi connectivity index (χ4n) is 3.17. The van der Waals surface area contributed by atoms with Crippen molar-refractivity contribution >= 4 is 39.9 Å². The van der Waals surface area contributed by atoms with E-state index in [0.717, 1.165) is 44.0 Å². The molecule has 2 aromatic carbocycles. The second kappa shape index (κ2) is 8.35. The van der Waals surface area contributed by atoms with Crippen LogP contribution in [0.5, 0.6) is 0 Å². The minimum absolute atomic E-state index is 0.221. The van der Waals surface area contributed by atoms with E-state index in [1.54, 1.807) is 0 Å². The van der Waals surface area contributed by atoms with Crippen molar-refractivity contribution in [3.05, 3.63) is 56.9 Å². The number of anilines is 2. The van der Waals surface area contributed by atoms with Gasteiger partial charge in [-0.1, -0.05) is 6.92 Å². The highest BCUT2D eigenvalue weighted by Gasteiger charge is 2.17. The molecular weight excluding hydrogens is 444 g/mol. The van der Waals surface area contributed by atoms with E-state index in [1.165, 1.54) is 23.9 Å². The Morgan fingerprint density at radius 1 is 1.15 bits per heavy atom. The standard InChI is InChI=1S/C20H23FIN3O/c1-3-24-8-10-25(11-9-24)16-5-7-19(14(2)12-16)23-20(26)17-6-4-15(21)13-18(17)22/h4-7,12-13H,3,8-11H2,1-2H3,(H,23,26). The third-order valence-electron chi connectivity index (χ3n) is 4.82. The molecule has 1 fully saturated rings. The van der Waals surface area contributed by atoms with E-state index in [9.17, 15) is 9.18 Å². The van der Waals surface area contributed by atoms with Gasteiger partial charge in [-0.15, -0.1) is 0 Å². The Bertz CT molecular complexity index is 804. The monoisotopic (exact) mass is 467 g/mol. The van der Waals surface area contributed by atoms with Crippen molar-refractivity contribution in [3.8, 4) is 0 Å². The van der Waals surface area contributed by atoms with Gasteiger partial charge in [-0.05, 0) is 78.0 Å². The number of nitrogens with one attached hydrogen (secondary N) is 1. The number of amides is 1. The molecule has 1 amide bonds. The molecule has 138 valence electrons. The molecule has 0 saturated carbocycles. The lowest BCUT2D eigenvalue weighted by atomic mass is 10.1. The molecule has 2 aromatic rings. The van der Waals surface area contributed by atoms with Crippen LogP contribution in [0.25, 0.3) is 0 Å². The molecule has 0 aliphatic carbocycles. The average Bonchev–Trinajstić information content (AvgIpc) is 2.63. The van der Waals surface area contributed by atoms with Gasteiger partial charge in [0.15, 0.2) is 0 Å². The predicted octanol–water partition coefficient (Wildman–Crippen LogP) is 4.13. The number of carbonyl (C=O) groups is 1. The van der Waals surface area contributed by atoms with Gasteiger partial charge in [0, 0.05) is 41.1 Å². The van der Waals surface area contributed by atoms with Gasteiger partial charge >= 0.3 is 0 Å². The number of nitrogens with zero attached hydrogens (tertiary/aromatic N) is 2. The molecule has 1 aliphatic rings. The SMILES string of the molecule is CCN1CCN(c2ccc(NC(=O)c3ccc(F)cc3I)c(C)c2)CC1. The van der Waals surface area contributed by atoms with E-state index < -0.39 is 0 Å². The highest BCUT2D eigenvalue weighted by Crippen LogP contribution is 2.25. The van der Waals surface area contributed by atoms with Crippen LogP contribution in [0.2, 0.25) is 0 Å². The van der Waals surface area contributed by atoms with Crippen molar-refractivity contribution in [1.82, 2.24) is 4.90 Å². The fraction of sp³-hybridized carbons (Fsp3) is 0.350. The van der Waals surface area contributed by atoms with E-state index in [-0.39, 0.29) is 11.7 Å². The van der Waals surface area contributed by atoms with Crippen LogP contribution in [0.15, 0.2) is 36.4 Å². The molecule has 0 atom stereocenters. The van der Waals surface area contributed by atoms with Gasteiger partial charge in [0.1, 0.15) is 5.82 Å². The molecule has 0 spiro atoms. The fourth-order valence-corrected chi connectivity index (χ4v) is 3.89. The van der Waals surface area contributed by atoms with Crippen molar-refractivity contribution in [2.75, 3.05) is 42.9 Å². The second-order valence-corrected chi connectivity index (χ2v) is 7.66. The smallest absolute Gasteiger partial charge is 0.256 e. The van der Waals surface area contributed by atoms with Crippen LogP contribution in [0.1, 0.15) is 22.8 Å². The lowest BCUT2D eigenvalue weighted by molar-refractivity contribution is 0.102. The topological polar surface area (TPSA) is 35.6 Å². The van der Waals surface area contributed by atoms with Crippen LogP contribution in [0.4, 0.5) is 15.8 Å². The zero-order chi connectivity index (χ0) is 18.7. The normalized spacial score (nSPS) is 15.2. The number of hydrogen-bond donors (Lipinski definition) is 1. The first kappa shape index (κ1) is 19.1. The molecule has 3 rings (SSSR count). The summed E-state index contributed by atoms with van der Waals surface area (Å²) >= 11 is 1.98. The summed E-state index contributed by atoms with van der Waals surface area (Å²) in [6.45, 7) is 9.49. The summed E-state index contributed by atoms with van der Waals surface area (Å²) in [5, 5.41) is 2.94. The first-order chi connectivity index (χ1) is 12.5. The molecule has 1 aliphatic heterocycles. The lowest BCUT2D eigenvalue weighted by Gasteiger charge is -2.35. The van der Waals surface area contributed by atoms with E-state index in [4.69, 9.17) is 0 Å². The number of carbonyl (C=O) groups excluding carboxylic acids is 1. The molecule has 1 heterocycles. The van der Waals surface area contributed by atoms with Crippen LogP contribution in [-0.4, -0.2) is 43.5 Å². The molecular formula is C20H23FIN3O. The Morgan fingerprint density at radius 2 is 1.88 bits per heavy atom. The van der Waals surface area contributed by atoms with Gasteiger partial charge in [-0.2, -0.15) is 0 Å². The number of hydrogen-bond acceptors (Lipinski definition) is 3. The van der Waals surface area contributed by atoms with Gasteiger partial charge in [0.05, 0.1) is 5.56 Å². The highest BCUT2D eigenvalue weighted by molar-refractivity contribution is 14.1. The number of piperazine rings is 1. The average molecular weight is 467 g/mol. The summed E-state index contributed by atoms with van der Waals surface area (Å²) in [5.74, 6) is -0.559. The Balaban J connectivity index is 1.71. The van der Waals surface area contributed by atoms with Crippen LogP contribution in [-0.2, 0) is 0 Å². The lowest BCUT2D eigenvalue weighted by Crippen LogP contribution is -2.46. The molecule has 0 unspecified atom stereocenters. The Morgan fingerprint density at radius 3 is 2.50 bits per heavy atom. The van der Waals surface area contributed by atoms with E-state index in [1.807, 2.05) is 35.6 Å². The number of aryl methyl sites for hydroxylation is 1. The predicted molar refractivity (Wildman–Crippen MR) is 113 cm³/mol. The molecule has 0 aromatic heterocycles. The van der Waals surface area contributed by atoms with Crippen molar-refractivity contribution < 1.29 is 9.18 Å². The van der Waals surface area contributed by atoms with Gasteiger partial charge in [-0.25, -0.2) is 4.39 Å². The number of halogens is 2. The third kappa shape index (κ3) is 4.35. The first-order valence-corrected chi connectivity index (χ1v) is 9.90. The molecule has 6 heteroatoms. The van der Waals surface area contributed by atoms with Gasteiger partial charge < -0.3 is 15.1 Å². The highest BCUT2D eigenvalue weighted by atomic mass is 127. The number of likely N-dealkylation sites (N-methyl/N-ethyl adjacent to an activating group) is 1. The summed E-state index contributed by atoms with van der Waals surface area (Å²) in [6.07, 6.45) is 0. The third-order valence-corrected chi connectivity index (χ3v) is 5.71. The van der Waals surface area contributed by atoms with Gasteiger partial charge in [0.25, 0.3) is 5.91 Å². The second-order valence-electron chi connectivity index (χ2n) is 6.50. The summed E-state index contributed by atoms with van der Waals surface area (Å²) in [4.78, 5) is 17.3. The molecule has 1 saturated heterocycles. The maximum atomic E-state index is 13.2. The van der Waals surface area contributed by atoms with Crippen LogP contribution >= 0.6 is 22.6 Å².